The molecule has 2 nitrogen and oxygen atoms in total. The van der Waals surface area contributed by atoms with Crippen LogP contribution in [0.15, 0.2) is 72.0 Å². The van der Waals surface area contributed by atoms with E-state index in [4.69, 9.17) is 39.8 Å². The minimum absolute atomic E-state index is 0.582. The van der Waals surface area contributed by atoms with Crippen LogP contribution in [0.1, 0.15) is 11.1 Å². The molecule has 0 saturated heterocycles. The summed E-state index contributed by atoms with van der Waals surface area (Å²) in [5.74, 6) is 0. The number of rotatable bonds is 3. The van der Waals surface area contributed by atoms with Crippen molar-refractivity contribution in [2.75, 3.05) is 0 Å². The maximum Gasteiger partial charge on any atom is 0.0798 e. The van der Waals surface area contributed by atoms with Crippen LogP contribution in [0.5, 0.6) is 0 Å². The zero-order valence-electron chi connectivity index (χ0n) is 11.9. The lowest BCUT2D eigenvalue weighted by atomic mass is 10.0. The van der Waals surface area contributed by atoms with Crippen LogP contribution in [0.3, 0.4) is 0 Å². The van der Waals surface area contributed by atoms with Crippen LogP contribution in [0.2, 0.25) is 15.1 Å². The number of benzene rings is 2. The molecule has 23 heavy (non-hydrogen) atoms. The van der Waals surface area contributed by atoms with Crippen molar-refractivity contribution in [1.29, 1.82) is 0 Å². The highest BCUT2D eigenvalue weighted by Gasteiger charge is 2.12. The van der Waals surface area contributed by atoms with Gasteiger partial charge in [-0.05, 0) is 54.6 Å². The largest absolute Gasteiger partial charge is 0.265 e. The fourth-order valence-electron chi connectivity index (χ4n) is 2.11. The Morgan fingerprint density at radius 1 is 0.783 bits per heavy atom. The second-order valence-electron chi connectivity index (χ2n) is 4.80. The van der Waals surface area contributed by atoms with E-state index in [9.17, 15) is 0 Å². The molecule has 0 unspecified atom stereocenters. The van der Waals surface area contributed by atoms with Crippen molar-refractivity contribution in [3.05, 3.63) is 93.2 Å². The van der Waals surface area contributed by atoms with E-state index in [1.54, 1.807) is 42.7 Å². The standard InChI is InChI=1S/C18H11Cl3N2/c19-13-1-4-15(5-2-13)23-18(12-7-9-22-10-8-12)16-11-14(20)3-6-17(16)21/h1-11H. The molecular formula is C18H11Cl3N2. The van der Waals surface area contributed by atoms with E-state index in [2.05, 4.69) is 4.98 Å². The van der Waals surface area contributed by atoms with Gasteiger partial charge in [0.05, 0.1) is 16.4 Å². The molecule has 1 aromatic heterocycles. The number of hydrogen-bond donors (Lipinski definition) is 0. The van der Waals surface area contributed by atoms with E-state index in [-0.39, 0.29) is 0 Å². The van der Waals surface area contributed by atoms with Gasteiger partial charge < -0.3 is 0 Å². The summed E-state index contributed by atoms with van der Waals surface area (Å²) in [6.45, 7) is 0. The Bertz CT molecular complexity index is 844. The number of hydrogen-bond acceptors (Lipinski definition) is 2. The molecule has 2 aromatic carbocycles. The van der Waals surface area contributed by atoms with Gasteiger partial charge in [-0.15, -0.1) is 0 Å². The zero-order valence-corrected chi connectivity index (χ0v) is 14.1. The molecule has 0 saturated carbocycles. The molecule has 3 aromatic rings. The van der Waals surface area contributed by atoms with Gasteiger partial charge in [-0.25, -0.2) is 4.99 Å². The summed E-state index contributed by atoms with van der Waals surface area (Å²) in [5.41, 5.74) is 3.17. The van der Waals surface area contributed by atoms with Crippen molar-refractivity contribution in [2.45, 2.75) is 0 Å². The van der Waals surface area contributed by atoms with Crippen molar-refractivity contribution < 1.29 is 0 Å². The van der Waals surface area contributed by atoms with Crippen molar-refractivity contribution in [1.82, 2.24) is 4.98 Å². The van der Waals surface area contributed by atoms with Gasteiger partial charge in [0.25, 0.3) is 0 Å². The first-order valence-electron chi connectivity index (χ1n) is 6.83. The Morgan fingerprint density at radius 3 is 2.13 bits per heavy atom. The predicted molar refractivity (Wildman–Crippen MR) is 97.5 cm³/mol. The molecular weight excluding hydrogens is 351 g/mol. The van der Waals surface area contributed by atoms with Crippen LogP contribution < -0.4 is 0 Å². The lowest BCUT2D eigenvalue weighted by Crippen LogP contribution is -2.04. The van der Waals surface area contributed by atoms with Crippen molar-refractivity contribution in [3.63, 3.8) is 0 Å². The van der Waals surface area contributed by atoms with Gasteiger partial charge in [0.1, 0.15) is 0 Å². The van der Waals surface area contributed by atoms with E-state index in [0.29, 0.717) is 15.1 Å². The molecule has 0 bridgehead atoms. The number of pyridine rings is 1. The summed E-state index contributed by atoms with van der Waals surface area (Å²) in [5, 5.41) is 1.84. The molecule has 3 rings (SSSR count). The molecule has 0 N–H and O–H groups in total. The topological polar surface area (TPSA) is 25.2 Å². The lowest BCUT2D eigenvalue weighted by Gasteiger charge is -2.10. The highest BCUT2D eigenvalue weighted by Crippen LogP contribution is 2.26. The molecule has 0 aliphatic carbocycles. The lowest BCUT2D eigenvalue weighted by molar-refractivity contribution is 1.32. The number of nitrogens with zero attached hydrogens (tertiary/aromatic N) is 2. The maximum absolute atomic E-state index is 6.36. The number of aromatic nitrogens is 1. The van der Waals surface area contributed by atoms with Gasteiger partial charge in [-0.3, -0.25) is 4.98 Å². The molecule has 0 spiro atoms. The van der Waals surface area contributed by atoms with Gasteiger partial charge in [0, 0.05) is 33.6 Å². The molecule has 114 valence electrons. The first-order chi connectivity index (χ1) is 11.1. The predicted octanol–water partition coefficient (Wildman–Crippen LogP) is 6.21. The number of halogens is 3. The number of aliphatic imine (C=N–C) groups is 1. The minimum Gasteiger partial charge on any atom is -0.265 e. The summed E-state index contributed by atoms with van der Waals surface area (Å²) in [4.78, 5) is 8.78. The van der Waals surface area contributed by atoms with Gasteiger partial charge >= 0.3 is 0 Å². The van der Waals surface area contributed by atoms with E-state index in [1.165, 1.54) is 0 Å². The summed E-state index contributed by atoms with van der Waals surface area (Å²) < 4.78 is 0. The Balaban J connectivity index is 2.18. The second-order valence-corrected chi connectivity index (χ2v) is 6.08. The monoisotopic (exact) mass is 360 g/mol. The van der Waals surface area contributed by atoms with Gasteiger partial charge in [0.15, 0.2) is 0 Å². The normalized spacial score (nSPS) is 11.5. The van der Waals surface area contributed by atoms with Crippen LogP contribution in [-0.2, 0) is 0 Å². The highest BCUT2D eigenvalue weighted by molar-refractivity contribution is 6.37. The molecule has 0 aliphatic heterocycles. The SMILES string of the molecule is Clc1ccc(N=C(c2ccncc2)c2cc(Cl)ccc2Cl)cc1. The maximum atomic E-state index is 6.36. The van der Waals surface area contributed by atoms with Crippen molar-refractivity contribution in [2.24, 2.45) is 4.99 Å². The third-order valence-corrected chi connectivity index (χ3v) is 4.02. The van der Waals surface area contributed by atoms with Crippen LogP contribution >= 0.6 is 34.8 Å². The highest BCUT2D eigenvalue weighted by atomic mass is 35.5. The molecule has 0 fully saturated rings. The summed E-state index contributed by atoms with van der Waals surface area (Å²) in [6.07, 6.45) is 3.43. The Labute approximate surface area is 149 Å². The smallest absolute Gasteiger partial charge is 0.0798 e. The fourth-order valence-corrected chi connectivity index (χ4v) is 2.62. The fraction of sp³-hybridized carbons (Fsp3) is 0. The first-order valence-corrected chi connectivity index (χ1v) is 7.97. The van der Waals surface area contributed by atoms with Crippen LogP contribution in [0.4, 0.5) is 5.69 Å². The minimum atomic E-state index is 0.582. The molecule has 0 radical (unpaired) electrons. The third kappa shape index (κ3) is 3.91. The van der Waals surface area contributed by atoms with Crippen LogP contribution in [0, 0.1) is 0 Å². The molecule has 0 atom stereocenters. The van der Waals surface area contributed by atoms with E-state index >= 15 is 0 Å². The Morgan fingerprint density at radius 2 is 1.43 bits per heavy atom. The average molecular weight is 362 g/mol. The quantitative estimate of drug-likeness (QED) is 0.509. The Hall–Kier alpha value is -1.87. The van der Waals surface area contributed by atoms with Crippen molar-refractivity contribution in [3.8, 4) is 0 Å². The third-order valence-electron chi connectivity index (χ3n) is 3.20. The van der Waals surface area contributed by atoms with Gasteiger partial charge in [-0.2, -0.15) is 0 Å². The van der Waals surface area contributed by atoms with Crippen LogP contribution in [-0.4, -0.2) is 10.7 Å². The molecule has 0 amide bonds. The van der Waals surface area contributed by atoms with E-state index in [1.807, 2.05) is 24.3 Å². The van der Waals surface area contributed by atoms with Gasteiger partial charge in [0.2, 0.25) is 0 Å². The van der Waals surface area contributed by atoms with Crippen molar-refractivity contribution >= 4 is 46.2 Å². The summed E-state index contributed by atoms with van der Waals surface area (Å²) >= 11 is 18.4. The van der Waals surface area contributed by atoms with E-state index in [0.717, 1.165) is 22.5 Å². The summed E-state index contributed by atoms with van der Waals surface area (Å²) in [6, 6.07) is 16.4. The van der Waals surface area contributed by atoms with E-state index < -0.39 is 0 Å². The average Bonchev–Trinajstić information content (AvgIpc) is 2.57. The molecule has 1 heterocycles. The second kappa shape index (κ2) is 7.14. The summed E-state index contributed by atoms with van der Waals surface area (Å²) in [7, 11) is 0. The zero-order chi connectivity index (χ0) is 16.2. The van der Waals surface area contributed by atoms with Crippen LogP contribution in [0.25, 0.3) is 0 Å². The molecule has 5 heteroatoms. The molecule has 0 aliphatic rings. The first kappa shape index (κ1) is 16.0. The Kier molecular flexibility index (Phi) is 4.97. The van der Waals surface area contributed by atoms with Gasteiger partial charge in [-0.1, -0.05) is 34.8 Å².